The number of carboxylic acid groups (broad SMARTS) is 1. The summed E-state index contributed by atoms with van der Waals surface area (Å²) in [5.41, 5.74) is 0.122. The molecule has 2 aromatic carbocycles. The molecule has 92 valence electrons. The van der Waals surface area contributed by atoms with E-state index in [1.54, 1.807) is 0 Å². The predicted molar refractivity (Wildman–Crippen MR) is 58.7 cm³/mol. The van der Waals surface area contributed by atoms with E-state index < -0.39 is 23.4 Å². The summed E-state index contributed by atoms with van der Waals surface area (Å²) in [6.45, 7) is 0. The van der Waals surface area contributed by atoms with Crippen LogP contribution in [0.3, 0.4) is 0 Å². The first-order valence-corrected chi connectivity index (χ1v) is 4.96. The fourth-order valence-electron chi connectivity index (χ4n) is 1.56. The maximum atomic E-state index is 13.2. The summed E-state index contributed by atoms with van der Waals surface area (Å²) in [7, 11) is 0. The lowest BCUT2D eigenvalue weighted by molar-refractivity contribution is 0.0696. The number of halogens is 3. The third kappa shape index (κ3) is 2.34. The molecule has 5 heteroatoms. The van der Waals surface area contributed by atoms with E-state index in [-0.39, 0.29) is 16.7 Å². The van der Waals surface area contributed by atoms with Crippen molar-refractivity contribution in [3.8, 4) is 11.1 Å². The normalized spacial score (nSPS) is 10.4. The Kier molecular flexibility index (Phi) is 3.06. The molecule has 2 nitrogen and oxygen atoms in total. The highest BCUT2D eigenvalue weighted by Crippen LogP contribution is 2.23. The van der Waals surface area contributed by atoms with E-state index in [0.29, 0.717) is 0 Å². The highest BCUT2D eigenvalue weighted by atomic mass is 19.2. The fourth-order valence-corrected chi connectivity index (χ4v) is 1.56. The Hall–Kier alpha value is -2.30. The average molecular weight is 252 g/mol. The lowest BCUT2D eigenvalue weighted by atomic mass is 10.0. The maximum absolute atomic E-state index is 13.2. The number of carboxylic acids is 1. The summed E-state index contributed by atoms with van der Waals surface area (Å²) in [5.74, 6) is -4.14. The minimum Gasteiger partial charge on any atom is -0.478 e. The average Bonchev–Trinajstić information content (AvgIpc) is 2.31. The molecule has 1 N–H and O–H groups in total. The molecule has 0 aromatic heterocycles. The highest BCUT2D eigenvalue weighted by Gasteiger charge is 2.10. The molecule has 0 atom stereocenters. The Morgan fingerprint density at radius 1 is 0.889 bits per heavy atom. The van der Waals surface area contributed by atoms with Crippen molar-refractivity contribution in [3.63, 3.8) is 0 Å². The van der Waals surface area contributed by atoms with Gasteiger partial charge in [-0.2, -0.15) is 0 Å². The fraction of sp³-hybridized carbons (Fsp3) is 0. The Labute approximate surface area is 100 Å². The van der Waals surface area contributed by atoms with Crippen molar-refractivity contribution >= 4 is 5.97 Å². The molecule has 2 rings (SSSR count). The van der Waals surface area contributed by atoms with Crippen molar-refractivity contribution in [3.05, 3.63) is 59.4 Å². The first kappa shape index (κ1) is 12.2. The molecule has 0 fully saturated rings. The van der Waals surface area contributed by atoms with Crippen molar-refractivity contribution < 1.29 is 23.1 Å². The number of benzene rings is 2. The topological polar surface area (TPSA) is 37.3 Å². The zero-order chi connectivity index (χ0) is 13.3. The van der Waals surface area contributed by atoms with Gasteiger partial charge in [-0.3, -0.25) is 0 Å². The van der Waals surface area contributed by atoms with Gasteiger partial charge in [0.1, 0.15) is 5.82 Å². The highest BCUT2D eigenvalue weighted by molar-refractivity contribution is 5.89. The van der Waals surface area contributed by atoms with Gasteiger partial charge in [-0.15, -0.1) is 0 Å². The summed E-state index contributed by atoms with van der Waals surface area (Å²) < 4.78 is 39.0. The van der Waals surface area contributed by atoms with Crippen molar-refractivity contribution in [1.29, 1.82) is 0 Å². The molecule has 0 heterocycles. The molecular weight excluding hydrogens is 245 g/mol. The van der Waals surface area contributed by atoms with Gasteiger partial charge in [0, 0.05) is 0 Å². The van der Waals surface area contributed by atoms with Crippen molar-refractivity contribution in [1.82, 2.24) is 0 Å². The maximum Gasteiger partial charge on any atom is 0.335 e. The number of hydrogen-bond acceptors (Lipinski definition) is 1. The second kappa shape index (κ2) is 4.52. The van der Waals surface area contributed by atoms with Crippen LogP contribution in [-0.4, -0.2) is 11.1 Å². The van der Waals surface area contributed by atoms with Gasteiger partial charge in [0.15, 0.2) is 11.6 Å². The smallest absolute Gasteiger partial charge is 0.335 e. The first-order chi connectivity index (χ1) is 8.47. The van der Waals surface area contributed by atoms with Crippen LogP contribution in [0.1, 0.15) is 10.4 Å². The Morgan fingerprint density at radius 2 is 1.61 bits per heavy atom. The van der Waals surface area contributed by atoms with Gasteiger partial charge in [-0.05, 0) is 41.5 Å². The molecule has 18 heavy (non-hydrogen) atoms. The molecule has 0 aliphatic carbocycles. The van der Waals surface area contributed by atoms with Crippen LogP contribution in [0.15, 0.2) is 36.4 Å². The van der Waals surface area contributed by atoms with Crippen LogP contribution in [0, 0.1) is 17.5 Å². The SMILES string of the molecule is O=C(O)c1cc(F)cc(-c2ccc(F)c(F)c2)c1. The molecule has 0 amide bonds. The van der Waals surface area contributed by atoms with E-state index in [9.17, 15) is 18.0 Å². The molecule has 0 spiro atoms. The molecular formula is C13H7F3O2. The van der Waals surface area contributed by atoms with E-state index in [2.05, 4.69) is 0 Å². The first-order valence-electron chi connectivity index (χ1n) is 4.96. The van der Waals surface area contributed by atoms with Gasteiger partial charge in [-0.25, -0.2) is 18.0 Å². The summed E-state index contributed by atoms with van der Waals surface area (Å²) in [5, 5.41) is 8.78. The summed E-state index contributed by atoms with van der Waals surface area (Å²) >= 11 is 0. The Bertz CT molecular complexity index is 624. The van der Waals surface area contributed by atoms with Crippen LogP contribution in [-0.2, 0) is 0 Å². The zero-order valence-electron chi connectivity index (χ0n) is 8.95. The molecule has 0 bridgehead atoms. The van der Waals surface area contributed by atoms with Gasteiger partial charge < -0.3 is 5.11 Å². The minimum atomic E-state index is -1.29. The molecule has 0 unspecified atom stereocenters. The van der Waals surface area contributed by atoms with E-state index >= 15 is 0 Å². The molecule has 0 saturated carbocycles. The van der Waals surface area contributed by atoms with Crippen molar-refractivity contribution in [2.24, 2.45) is 0 Å². The number of carbonyl (C=O) groups is 1. The second-order valence-corrected chi connectivity index (χ2v) is 3.66. The summed E-state index contributed by atoms with van der Waals surface area (Å²) in [6.07, 6.45) is 0. The van der Waals surface area contributed by atoms with Gasteiger partial charge >= 0.3 is 5.97 Å². The van der Waals surface area contributed by atoms with Crippen LogP contribution < -0.4 is 0 Å². The van der Waals surface area contributed by atoms with Crippen molar-refractivity contribution in [2.45, 2.75) is 0 Å². The van der Waals surface area contributed by atoms with E-state index in [1.165, 1.54) is 12.1 Å². The predicted octanol–water partition coefficient (Wildman–Crippen LogP) is 3.47. The molecule has 0 saturated heterocycles. The molecule has 0 radical (unpaired) electrons. The van der Waals surface area contributed by atoms with Gasteiger partial charge in [0.2, 0.25) is 0 Å². The van der Waals surface area contributed by atoms with E-state index in [0.717, 1.165) is 24.3 Å². The van der Waals surface area contributed by atoms with Crippen molar-refractivity contribution in [2.75, 3.05) is 0 Å². The van der Waals surface area contributed by atoms with Gasteiger partial charge in [0.25, 0.3) is 0 Å². The molecule has 2 aromatic rings. The van der Waals surface area contributed by atoms with E-state index in [1.807, 2.05) is 0 Å². The van der Waals surface area contributed by atoms with Crippen LogP contribution in [0.5, 0.6) is 0 Å². The lowest BCUT2D eigenvalue weighted by Crippen LogP contribution is -1.98. The van der Waals surface area contributed by atoms with Gasteiger partial charge in [-0.1, -0.05) is 6.07 Å². The molecule has 0 aliphatic heterocycles. The third-order valence-corrected chi connectivity index (χ3v) is 2.40. The zero-order valence-corrected chi connectivity index (χ0v) is 8.95. The van der Waals surface area contributed by atoms with Gasteiger partial charge in [0.05, 0.1) is 5.56 Å². The number of rotatable bonds is 2. The largest absolute Gasteiger partial charge is 0.478 e. The van der Waals surface area contributed by atoms with E-state index in [4.69, 9.17) is 5.11 Å². The number of hydrogen-bond donors (Lipinski definition) is 1. The summed E-state index contributed by atoms with van der Waals surface area (Å²) in [4.78, 5) is 10.8. The van der Waals surface area contributed by atoms with Crippen LogP contribution in [0.25, 0.3) is 11.1 Å². The Balaban J connectivity index is 2.56. The summed E-state index contributed by atoms with van der Waals surface area (Å²) in [6, 6.07) is 6.13. The second-order valence-electron chi connectivity index (χ2n) is 3.66. The molecule has 0 aliphatic rings. The quantitative estimate of drug-likeness (QED) is 0.888. The third-order valence-electron chi connectivity index (χ3n) is 2.40. The number of aromatic carboxylic acids is 1. The van der Waals surface area contributed by atoms with Crippen LogP contribution >= 0.6 is 0 Å². The van der Waals surface area contributed by atoms with Crippen LogP contribution in [0.4, 0.5) is 13.2 Å². The standard InChI is InChI=1S/C13H7F3O2/c14-10-4-8(3-9(5-10)13(17)18)7-1-2-11(15)12(16)6-7/h1-6H,(H,17,18). The lowest BCUT2D eigenvalue weighted by Gasteiger charge is -2.04. The Morgan fingerprint density at radius 3 is 2.22 bits per heavy atom. The minimum absolute atomic E-state index is 0.173. The monoisotopic (exact) mass is 252 g/mol. The van der Waals surface area contributed by atoms with Crippen LogP contribution in [0.2, 0.25) is 0 Å².